The van der Waals surface area contributed by atoms with Crippen molar-refractivity contribution in [3.63, 3.8) is 0 Å². The van der Waals surface area contributed by atoms with Gasteiger partial charge in [-0.15, -0.1) is 0 Å². The van der Waals surface area contributed by atoms with Crippen LogP contribution in [0.15, 0.2) is 12.4 Å². The Bertz CT molecular complexity index is 164. The van der Waals surface area contributed by atoms with Crippen LogP contribution in [-0.4, -0.2) is 28.0 Å². The van der Waals surface area contributed by atoms with Crippen LogP contribution in [0.5, 0.6) is 0 Å². The Labute approximate surface area is 96.1 Å². The average Bonchev–Trinajstić information content (AvgIpc) is 2.54. The molecular weight excluding hydrogens is 240 g/mol. The third-order valence-electron chi connectivity index (χ3n) is 2.54. The van der Waals surface area contributed by atoms with Gasteiger partial charge in [0.05, 0.1) is 0 Å². The predicted molar refractivity (Wildman–Crippen MR) is 65.1 cm³/mol. The first kappa shape index (κ1) is 11.9. The van der Waals surface area contributed by atoms with Gasteiger partial charge in [-0.25, -0.2) is 0 Å². The highest BCUT2D eigenvalue weighted by Crippen LogP contribution is 2.21. The monoisotopic (exact) mass is 260 g/mol. The number of hydrogen-bond donors (Lipinski definition) is 0. The van der Waals surface area contributed by atoms with E-state index >= 15 is 0 Å². The molecule has 2 nitrogen and oxygen atoms in total. The van der Waals surface area contributed by atoms with E-state index in [1.165, 1.54) is 25.7 Å². The van der Waals surface area contributed by atoms with Crippen molar-refractivity contribution in [3.8, 4) is 0 Å². The molecule has 0 spiro atoms. The highest BCUT2D eigenvalue weighted by molar-refractivity contribution is 9.09. The molecular formula is C11H21BrN2. The van der Waals surface area contributed by atoms with Crippen LogP contribution in [0.4, 0.5) is 0 Å². The molecule has 82 valence electrons. The zero-order valence-electron chi connectivity index (χ0n) is 9.25. The largest absolute Gasteiger partial charge is 0.347 e. The van der Waals surface area contributed by atoms with E-state index in [-0.39, 0.29) is 0 Å². The zero-order chi connectivity index (χ0) is 10.4. The van der Waals surface area contributed by atoms with Crippen molar-refractivity contribution in [1.82, 2.24) is 9.80 Å². The van der Waals surface area contributed by atoms with E-state index in [9.17, 15) is 0 Å². The van der Waals surface area contributed by atoms with Crippen LogP contribution >= 0.6 is 15.9 Å². The Kier molecular flexibility index (Phi) is 5.38. The molecule has 0 aromatic heterocycles. The van der Waals surface area contributed by atoms with E-state index < -0.39 is 0 Å². The van der Waals surface area contributed by atoms with Crippen LogP contribution in [-0.2, 0) is 0 Å². The summed E-state index contributed by atoms with van der Waals surface area (Å²) in [6, 6.07) is 0. The summed E-state index contributed by atoms with van der Waals surface area (Å²) in [5.74, 6) is 0. The summed E-state index contributed by atoms with van der Waals surface area (Å²) in [4.78, 5) is 4.72. The smallest absolute Gasteiger partial charge is 0.158 e. The van der Waals surface area contributed by atoms with Gasteiger partial charge in [-0.1, -0.05) is 26.7 Å². The van der Waals surface area contributed by atoms with Crippen LogP contribution < -0.4 is 0 Å². The zero-order valence-corrected chi connectivity index (χ0v) is 10.8. The molecule has 0 aliphatic carbocycles. The molecule has 0 fully saturated rings. The summed E-state index contributed by atoms with van der Waals surface area (Å²) in [5, 5.41) is 0.389. The van der Waals surface area contributed by atoms with E-state index in [4.69, 9.17) is 0 Å². The molecule has 0 saturated heterocycles. The first-order valence-corrected chi connectivity index (χ1v) is 6.55. The summed E-state index contributed by atoms with van der Waals surface area (Å²) >= 11 is 3.72. The van der Waals surface area contributed by atoms with Crippen LogP contribution in [0.25, 0.3) is 0 Å². The molecule has 0 aromatic rings. The Morgan fingerprint density at radius 3 is 1.79 bits per heavy atom. The van der Waals surface area contributed by atoms with Crippen molar-refractivity contribution in [2.24, 2.45) is 0 Å². The van der Waals surface area contributed by atoms with Crippen molar-refractivity contribution < 1.29 is 0 Å². The lowest BCUT2D eigenvalue weighted by Gasteiger charge is -2.27. The lowest BCUT2D eigenvalue weighted by atomic mass is 10.3. The molecule has 1 aliphatic rings. The topological polar surface area (TPSA) is 6.48 Å². The fraction of sp³-hybridized carbons (Fsp3) is 0.818. The first-order valence-electron chi connectivity index (χ1n) is 5.63. The minimum Gasteiger partial charge on any atom is -0.347 e. The van der Waals surface area contributed by atoms with Gasteiger partial charge in [-0.2, -0.15) is 0 Å². The molecule has 0 N–H and O–H groups in total. The lowest BCUT2D eigenvalue weighted by molar-refractivity contribution is 0.234. The maximum atomic E-state index is 3.72. The average molecular weight is 261 g/mol. The summed E-state index contributed by atoms with van der Waals surface area (Å²) in [7, 11) is 0. The lowest BCUT2D eigenvalue weighted by Crippen LogP contribution is -2.34. The van der Waals surface area contributed by atoms with E-state index in [1.807, 2.05) is 0 Å². The molecule has 0 atom stereocenters. The van der Waals surface area contributed by atoms with Crippen molar-refractivity contribution >= 4 is 15.9 Å². The molecule has 0 saturated carbocycles. The number of unbranched alkanes of at least 4 members (excludes halogenated alkanes) is 2. The Morgan fingerprint density at radius 2 is 1.43 bits per heavy atom. The second-order valence-corrected chi connectivity index (χ2v) is 4.61. The van der Waals surface area contributed by atoms with E-state index in [1.54, 1.807) is 0 Å². The molecule has 0 unspecified atom stereocenters. The predicted octanol–water partition coefficient (Wildman–Crippen LogP) is 3.35. The number of nitrogens with zero attached hydrogens (tertiary/aromatic N) is 2. The number of hydrogen-bond acceptors (Lipinski definition) is 2. The van der Waals surface area contributed by atoms with Crippen LogP contribution in [0.1, 0.15) is 39.5 Å². The fourth-order valence-corrected chi connectivity index (χ4v) is 2.23. The fourth-order valence-electron chi connectivity index (χ4n) is 1.55. The molecule has 0 aromatic carbocycles. The third kappa shape index (κ3) is 3.19. The molecule has 14 heavy (non-hydrogen) atoms. The van der Waals surface area contributed by atoms with E-state index in [0.717, 1.165) is 13.1 Å². The van der Waals surface area contributed by atoms with E-state index in [2.05, 4.69) is 52.0 Å². The maximum Gasteiger partial charge on any atom is 0.158 e. The molecule has 0 amide bonds. The van der Waals surface area contributed by atoms with Crippen molar-refractivity contribution in [3.05, 3.63) is 12.4 Å². The standard InChI is InChI=1S/C11H21BrN2/c1-3-5-7-13-9-10-14(11(13)12)8-6-4-2/h9-11H,3-8H2,1-2H3. The van der Waals surface area contributed by atoms with E-state index in [0.29, 0.717) is 5.08 Å². The number of rotatable bonds is 6. The van der Waals surface area contributed by atoms with Gasteiger partial charge in [0.2, 0.25) is 0 Å². The summed E-state index contributed by atoms with van der Waals surface area (Å²) in [6.45, 7) is 6.78. The molecule has 1 aliphatic heterocycles. The van der Waals surface area contributed by atoms with Gasteiger partial charge in [0.1, 0.15) is 0 Å². The highest BCUT2D eigenvalue weighted by Gasteiger charge is 2.21. The Hall–Kier alpha value is -0.180. The van der Waals surface area contributed by atoms with Gasteiger partial charge in [-0.05, 0) is 28.8 Å². The molecule has 0 bridgehead atoms. The van der Waals surface area contributed by atoms with Crippen LogP contribution in [0.3, 0.4) is 0 Å². The number of alkyl halides is 1. The molecule has 3 heteroatoms. The molecule has 0 radical (unpaired) electrons. The van der Waals surface area contributed by atoms with Gasteiger partial charge in [0.15, 0.2) is 5.08 Å². The van der Waals surface area contributed by atoms with Gasteiger partial charge in [-0.3, -0.25) is 0 Å². The Morgan fingerprint density at radius 1 is 1.00 bits per heavy atom. The normalized spacial score (nSPS) is 17.1. The van der Waals surface area contributed by atoms with Gasteiger partial charge >= 0.3 is 0 Å². The third-order valence-corrected chi connectivity index (χ3v) is 3.59. The van der Waals surface area contributed by atoms with Crippen molar-refractivity contribution in [1.29, 1.82) is 0 Å². The second-order valence-electron chi connectivity index (χ2n) is 3.79. The summed E-state index contributed by atoms with van der Waals surface area (Å²) in [6.07, 6.45) is 9.47. The quantitative estimate of drug-likeness (QED) is 0.534. The van der Waals surface area contributed by atoms with Gasteiger partial charge in [0, 0.05) is 25.5 Å². The highest BCUT2D eigenvalue weighted by atomic mass is 79.9. The summed E-state index contributed by atoms with van der Waals surface area (Å²) < 4.78 is 0. The maximum absolute atomic E-state index is 3.72. The molecule has 1 rings (SSSR count). The van der Waals surface area contributed by atoms with Crippen molar-refractivity contribution in [2.75, 3.05) is 13.1 Å². The van der Waals surface area contributed by atoms with Gasteiger partial charge < -0.3 is 9.80 Å². The van der Waals surface area contributed by atoms with Crippen LogP contribution in [0.2, 0.25) is 0 Å². The summed E-state index contributed by atoms with van der Waals surface area (Å²) in [5.41, 5.74) is 0. The van der Waals surface area contributed by atoms with Crippen LogP contribution in [0, 0.1) is 0 Å². The minimum atomic E-state index is 0.389. The minimum absolute atomic E-state index is 0.389. The molecule has 1 heterocycles. The SMILES string of the molecule is CCCCN1C=CN(CCCC)C1Br. The van der Waals surface area contributed by atoms with Crippen molar-refractivity contribution in [2.45, 2.75) is 44.6 Å². The Balaban J connectivity index is 2.28. The first-order chi connectivity index (χ1) is 6.79. The number of halogens is 1. The van der Waals surface area contributed by atoms with Gasteiger partial charge in [0.25, 0.3) is 0 Å². The second kappa shape index (κ2) is 6.33.